The highest BCUT2D eigenvalue weighted by Gasteiger charge is 2.23. The van der Waals surface area contributed by atoms with E-state index in [4.69, 9.17) is 10.5 Å². The largest absolute Gasteiger partial charge is 0.495 e. The minimum absolute atomic E-state index is 0.390. The molecule has 0 saturated carbocycles. The lowest BCUT2D eigenvalue weighted by molar-refractivity contribution is 0.420. The Morgan fingerprint density at radius 1 is 1.30 bits per heavy atom. The van der Waals surface area contributed by atoms with Gasteiger partial charge in [-0.15, -0.1) is 11.3 Å². The van der Waals surface area contributed by atoms with Gasteiger partial charge in [-0.3, -0.25) is 0 Å². The molecule has 3 aromatic heterocycles. The molecule has 0 amide bonds. The molecule has 1 aliphatic heterocycles. The number of nitrogens with zero attached hydrogens (tertiary/aromatic N) is 3. The van der Waals surface area contributed by atoms with Crippen molar-refractivity contribution < 1.29 is 4.74 Å². The quantitative estimate of drug-likeness (QED) is 0.567. The first-order valence-corrected chi connectivity index (χ1v) is 9.87. The number of hydrogen-bond donors (Lipinski definition) is 2. The van der Waals surface area contributed by atoms with E-state index in [0.717, 1.165) is 51.4 Å². The average Bonchev–Trinajstić information content (AvgIpc) is 3.38. The molecule has 4 heterocycles. The molecule has 1 fully saturated rings. The van der Waals surface area contributed by atoms with Crippen molar-refractivity contribution in [2.45, 2.75) is 19.4 Å². The van der Waals surface area contributed by atoms with Crippen LogP contribution in [0.25, 0.3) is 31.6 Å². The lowest BCUT2D eigenvalue weighted by atomic mass is 10.1. The fourth-order valence-corrected chi connectivity index (χ4v) is 5.15. The first-order chi connectivity index (χ1) is 13.2. The highest BCUT2D eigenvalue weighted by molar-refractivity contribution is 7.22. The van der Waals surface area contributed by atoms with E-state index in [1.165, 1.54) is 10.9 Å². The molecule has 5 rings (SSSR count). The molecule has 0 radical (unpaired) electrons. The maximum Gasteiger partial charge on any atom is 0.146 e. The molecular formula is C20H21N5OS. The summed E-state index contributed by atoms with van der Waals surface area (Å²) >= 11 is 1.72. The van der Waals surface area contributed by atoms with Gasteiger partial charge >= 0.3 is 0 Å². The number of thiophene rings is 1. The second-order valence-corrected chi connectivity index (χ2v) is 8.10. The van der Waals surface area contributed by atoms with E-state index in [1.54, 1.807) is 24.8 Å². The van der Waals surface area contributed by atoms with Crippen molar-refractivity contribution in [1.82, 2.24) is 19.9 Å². The van der Waals surface area contributed by atoms with Crippen LogP contribution in [-0.4, -0.2) is 34.7 Å². The summed E-state index contributed by atoms with van der Waals surface area (Å²) in [5, 5.41) is 5.56. The Morgan fingerprint density at radius 3 is 2.96 bits per heavy atom. The third kappa shape index (κ3) is 2.57. The predicted molar refractivity (Wildman–Crippen MR) is 111 cm³/mol. The zero-order chi connectivity index (χ0) is 18.5. The van der Waals surface area contributed by atoms with Gasteiger partial charge in [0.25, 0.3) is 0 Å². The van der Waals surface area contributed by atoms with E-state index in [0.29, 0.717) is 11.9 Å². The Balaban J connectivity index is 1.76. The summed E-state index contributed by atoms with van der Waals surface area (Å²) < 4.78 is 9.01. The molecule has 7 heteroatoms. The molecule has 1 aromatic carbocycles. The zero-order valence-corrected chi connectivity index (χ0v) is 16.1. The summed E-state index contributed by atoms with van der Waals surface area (Å²) in [6.07, 6.45) is 4.83. The van der Waals surface area contributed by atoms with Crippen LogP contribution in [0.5, 0.6) is 5.75 Å². The standard InChI is InChI=1S/C20H21N5OS/c1-11-5-12-7-16(27-18(12)15(6-11)26-2)14-9-25(13-3-4-22-8-13)20-17(14)19(21)23-10-24-20/h5-7,9-10,13,22H,3-4,8H2,1-2H3,(H2,21,23,24)/t13-/m0/s1. The van der Waals surface area contributed by atoms with Gasteiger partial charge in [-0.05, 0) is 43.0 Å². The maximum atomic E-state index is 6.28. The van der Waals surface area contributed by atoms with Gasteiger partial charge in [-0.1, -0.05) is 6.07 Å². The van der Waals surface area contributed by atoms with Crippen LogP contribution in [0.1, 0.15) is 18.0 Å². The number of ether oxygens (including phenoxy) is 1. The summed E-state index contributed by atoms with van der Waals surface area (Å²) in [6.45, 7) is 4.07. The van der Waals surface area contributed by atoms with Gasteiger partial charge in [0.15, 0.2) is 0 Å². The van der Waals surface area contributed by atoms with Crippen molar-refractivity contribution in [1.29, 1.82) is 0 Å². The smallest absolute Gasteiger partial charge is 0.146 e. The minimum Gasteiger partial charge on any atom is -0.495 e. The number of nitrogens with two attached hydrogens (primary N) is 1. The van der Waals surface area contributed by atoms with Crippen LogP contribution in [0.2, 0.25) is 0 Å². The number of hydrogen-bond acceptors (Lipinski definition) is 6. The third-order valence-electron chi connectivity index (χ3n) is 5.28. The Labute approximate surface area is 161 Å². The van der Waals surface area contributed by atoms with Crippen molar-refractivity contribution in [2.75, 3.05) is 25.9 Å². The molecule has 6 nitrogen and oxygen atoms in total. The number of anilines is 1. The molecule has 1 atom stereocenters. The van der Waals surface area contributed by atoms with Crippen LogP contribution in [0.15, 0.2) is 30.7 Å². The Hall–Kier alpha value is -2.64. The van der Waals surface area contributed by atoms with Gasteiger partial charge in [0.05, 0.1) is 17.2 Å². The van der Waals surface area contributed by atoms with E-state index in [2.05, 4.69) is 51.2 Å². The van der Waals surface area contributed by atoms with Crippen molar-refractivity contribution in [3.05, 3.63) is 36.3 Å². The third-order valence-corrected chi connectivity index (χ3v) is 6.48. The van der Waals surface area contributed by atoms with Crippen LogP contribution in [0.3, 0.4) is 0 Å². The van der Waals surface area contributed by atoms with Crippen molar-refractivity contribution >= 4 is 38.3 Å². The normalized spacial score (nSPS) is 17.2. The summed E-state index contributed by atoms with van der Waals surface area (Å²) in [5.74, 6) is 1.44. The highest BCUT2D eigenvalue weighted by Crippen LogP contribution is 2.43. The molecule has 0 spiro atoms. The Morgan fingerprint density at radius 2 is 2.19 bits per heavy atom. The van der Waals surface area contributed by atoms with Crippen LogP contribution in [0, 0.1) is 6.92 Å². The number of aryl methyl sites for hydroxylation is 1. The van der Waals surface area contributed by atoms with E-state index in [9.17, 15) is 0 Å². The van der Waals surface area contributed by atoms with Crippen molar-refractivity contribution in [2.24, 2.45) is 0 Å². The van der Waals surface area contributed by atoms with E-state index in [1.807, 2.05) is 0 Å². The van der Waals surface area contributed by atoms with E-state index < -0.39 is 0 Å². The highest BCUT2D eigenvalue weighted by atomic mass is 32.1. The number of nitrogens with one attached hydrogen (secondary N) is 1. The summed E-state index contributed by atoms with van der Waals surface area (Å²) in [6, 6.07) is 6.88. The molecule has 0 unspecified atom stereocenters. The van der Waals surface area contributed by atoms with Gasteiger partial charge in [0, 0.05) is 29.2 Å². The van der Waals surface area contributed by atoms with Crippen LogP contribution in [-0.2, 0) is 0 Å². The SMILES string of the molecule is COc1cc(C)cc2cc(-c3cn([C@H]4CCNC4)c4ncnc(N)c34)sc12. The topological polar surface area (TPSA) is 78.0 Å². The van der Waals surface area contributed by atoms with E-state index >= 15 is 0 Å². The minimum atomic E-state index is 0.390. The lowest BCUT2D eigenvalue weighted by Gasteiger charge is -2.11. The molecule has 0 aliphatic carbocycles. The molecule has 3 N–H and O–H groups in total. The first-order valence-electron chi connectivity index (χ1n) is 9.06. The van der Waals surface area contributed by atoms with Gasteiger partial charge in [-0.2, -0.15) is 0 Å². The van der Waals surface area contributed by atoms with Crippen LogP contribution < -0.4 is 15.8 Å². The maximum absolute atomic E-state index is 6.28. The fraction of sp³-hybridized carbons (Fsp3) is 0.300. The monoisotopic (exact) mass is 379 g/mol. The first kappa shape index (κ1) is 16.5. The number of fused-ring (bicyclic) bond motifs is 2. The number of nitrogen functional groups attached to an aromatic ring is 1. The van der Waals surface area contributed by atoms with Crippen molar-refractivity contribution in [3.8, 4) is 16.2 Å². The fourth-order valence-electron chi connectivity index (χ4n) is 4.00. The average molecular weight is 379 g/mol. The zero-order valence-electron chi connectivity index (χ0n) is 15.3. The predicted octanol–water partition coefficient (Wildman–Crippen LogP) is 3.75. The number of rotatable bonds is 3. The van der Waals surface area contributed by atoms with Crippen LogP contribution in [0.4, 0.5) is 5.82 Å². The second-order valence-electron chi connectivity index (χ2n) is 7.05. The molecule has 138 valence electrons. The Kier molecular flexibility index (Phi) is 3.80. The van der Waals surface area contributed by atoms with Gasteiger partial charge in [0.2, 0.25) is 0 Å². The molecule has 0 bridgehead atoms. The molecule has 4 aromatic rings. The number of aromatic nitrogens is 3. The molecular weight excluding hydrogens is 358 g/mol. The number of benzene rings is 1. The van der Waals surface area contributed by atoms with Crippen LogP contribution >= 0.6 is 11.3 Å². The Bertz CT molecular complexity index is 1160. The summed E-state index contributed by atoms with van der Waals surface area (Å²) in [7, 11) is 1.72. The van der Waals surface area contributed by atoms with Gasteiger partial charge in [-0.25, -0.2) is 9.97 Å². The second kappa shape index (κ2) is 6.21. The molecule has 1 saturated heterocycles. The summed E-state index contributed by atoms with van der Waals surface area (Å²) in [4.78, 5) is 9.97. The number of methoxy groups -OCH3 is 1. The molecule has 27 heavy (non-hydrogen) atoms. The van der Waals surface area contributed by atoms with E-state index in [-0.39, 0.29) is 0 Å². The van der Waals surface area contributed by atoms with Gasteiger partial charge in [0.1, 0.15) is 23.5 Å². The lowest BCUT2D eigenvalue weighted by Crippen LogP contribution is -2.13. The van der Waals surface area contributed by atoms with Crippen molar-refractivity contribution in [3.63, 3.8) is 0 Å². The molecule has 1 aliphatic rings. The van der Waals surface area contributed by atoms with Gasteiger partial charge < -0.3 is 20.4 Å². The summed E-state index contributed by atoms with van der Waals surface area (Å²) in [5.41, 5.74) is 9.47.